The maximum atomic E-state index is 10.8. The summed E-state index contributed by atoms with van der Waals surface area (Å²) in [4.78, 5) is 10.8. The molecule has 3 aromatic carbocycles. The van der Waals surface area contributed by atoms with Crippen molar-refractivity contribution in [1.29, 1.82) is 0 Å². The Balaban J connectivity index is 1.38. The van der Waals surface area contributed by atoms with Crippen molar-refractivity contribution in [2.45, 2.75) is 6.61 Å². The second kappa shape index (κ2) is 7.84. The lowest BCUT2D eigenvalue weighted by atomic mass is 10.0. The number of aromatic carboxylic acids is 1. The molecule has 0 atom stereocenters. The van der Waals surface area contributed by atoms with E-state index in [1.807, 2.05) is 42.5 Å². The maximum absolute atomic E-state index is 10.8. The quantitative estimate of drug-likeness (QED) is 0.396. The largest absolute Gasteiger partial charge is 0.475 e. The highest BCUT2D eigenvalue weighted by Crippen LogP contribution is 2.30. The first-order chi connectivity index (χ1) is 15.2. The van der Waals surface area contributed by atoms with Crippen molar-refractivity contribution < 1.29 is 19.2 Å². The molecule has 0 saturated heterocycles. The van der Waals surface area contributed by atoms with E-state index in [1.54, 1.807) is 0 Å². The minimum Gasteiger partial charge on any atom is -0.475 e. The molecule has 152 valence electrons. The van der Waals surface area contributed by atoms with Gasteiger partial charge in [-0.15, -0.1) is 0 Å². The number of ether oxygens (including phenoxy) is 1. The first kappa shape index (κ1) is 18.7. The van der Waals surface area contributed by atoms with E-state index in [1.165, 1.54) is 22.6 Å². The van der Waals surface area contributed by atoms with Crippen LogP contribution in [0.1, 0.15) is 16.1 Å². The van der Waals surface area contributed by atoms with Gasteiger partial charge in [-0.25, -0.2) is 4.79 Å². The normalized spacial score (nSPS) is 11.0. The van der Waals surface area contributed by atoms with Gasteiger partial charge < -0.3 is 18.9 Å². The molecule has 0 amide bonds. The molecule has 0 aliphatic rings. The molecule has 0 fully saturated rings. The topological polar surface area (TPSA) is 77.5 Å². The Bertz CT molecular complexity index is 1350. The van der Waals surface area contributed by atoms with Gasteiger partial charge >= 0.3 is 5.97 Å². The number of carbonyl (C=O) groups is 1. The lowest BCUT2D eigenvalue weighted by Crippen LogP contribution is -1.97. The predicted molar refractivity (Wildman–Crippen MR) is 117 cm³/mol. The van der Waals surface area contributed by atoms with Crippen LogP contribution in [0, 0.1) is 0 Å². The van der Waals surface area contributed by atoms with Crippen molar-refractivity contribution in [3.63, 3.8) is 0 Å². The fraction of sp³-hybridized carbons (Fsp3) is 0.0400. The number of nitrogens with zero attached hydrogens (tertiary/aromatic N) is 2. The first-order valence-corrected chi connectivity index (χ1v) is 9.77. The molecule has 5 rings (SSSR count). The third kappa shape index (κ3) is 3.67. The van der Waals surface area contributed by atoms with Crippen LogP contribution < -0.4 is 4.74 Å². The van der Waals surface area contributed by atoms with Crippen molar-refractivity contribution in [3.05, 3.63) is 102 Å². The summed E-state index contributed by atoms with van der Waals surface area (Å²) in [7, 11) is 0. The highest BCUT2D eigenvalue weighted by molar-refractivity contribution is 5.96. The highest BCUT2D eigenvalue weighted by atomic mass is 16.5. The van der Waals surface area contributed by atoms with Crippen LogP contribution in [0.15, 0.2) is 95.6 Å². The zero-order valence-corrected chi connectivity index (χ0v) is 16.4. The molecule has 31 heavy (non-hydrogen) atoms. The van der Waals surface area contributed by atoms with E-state index in [0.717, 1.165) is 16.8 Å². The molecular formula is C25H18N2O4. The van der Waals surface area contributed by atoms with Crippen LogP contribution in [-0.4, -0.2) is 20.8 Å². The Morgan fingerprint density at radius 2 is 1.77 bits per heavy atom. The van der Waals surface area contributed by atoms with Crippen molar-refractivity contribution in [3.8, 4) is 22.7 Å². The number of hydrogen-bond donors (Lipinski definition) is 1. The third-order valence-electron chi connectivity index (χ3n) is 5.12. The molecule has 6 nitrogen and oxygen atoms in total. The standard InChI is InChI=1S/C25H18N2O4/c28-25(29)23-15-24(26-31-23)30-16-17-9-11-19(12-10-17)27-14-13-21-20(7-4-8-22(21)27)18-5-2-1-3-6-18/h1-15H,16H2,(H,28,29). The molecule has 6 heteroatoms. The van der Waals surface area contributed by atoms with Crippen molar-refractivity contribution in [2.24, 2.45) is 0 Å². The van der Waals surface area contributed by atoms with Crippen LogP contribution in [0.2, 0.25) is 0 Å². The average molecular weight is 410 g/mol. The predicted octanol–water partition coefficient (Wildman–Crippen LogP) is 5.56. The molecule has 0 unspecified atom stereocenters. The number of hydrogen-bond acceptors (Lipinski definition) is 4. The monoisotopic (exact) mass is 410 g/mol. The van der Waals surface area contributed by atoms with Crippen LogP contribution in [-0.2, 0) is 6.61 Å². The molecule has 5 aromatic rings. The van der Waals surface area contributed by atoms with Crippen LogP contribution in [0.3, 0.4) is 0 Å². The van der Waals surface area contributed by atoms with E-state index in [-0.39, 0.29) is 18.2 Å². The molecule has 0 saturated carbocycles. The molecule has 1 N–H and O–H groups in total. The van der Waals surface area contributed by atoms with E-state index >= 15 is 0 Å². The molecule has 0 aliphatic carbocycles. The zero-order chi connectivity index (χ0) is 21.2. The third-order valence-corrected chi connectivity index (χ3v) is 5.12. The summed E-state index contributed by atoms with van der Waals surface area (Å²) in [6.07, 6.45) is 2.07. The van der Waals surface area contributed by atoms with Gasteiger partial charge in [0.15, 0.2) is 0 Å². The van der Waals surface area contributed by atoms with Gasteiger partial charge in [-0.2, -0.15) is 0 Å². The number of aromatic nitrogens is 2. The molecule has 2 heterocycles. The Labute approximate surface area is 177 Å². The van der Waals surface area contributed by atoms with Crippen molar-refractivity contribution >= 4 is 16.9 Å². The molecule has 0 radical (unpaired) electrons. The SMILES string of the molecule is O=C(O)c1cc(OCc2ccc(-n3ccc4c(-c5ccccc5)cccc43)cc2)no1. The summed E-state index contributed by atoms with van der Waals surface area (Å²) in [5.41, 5.74) is 5.50. The fourth-order valence-corrected chi connectivity index (χ4v) is 3.60. The zero-order valence-electron chi connectivity index (χ0n) is 16.4. The van der Waals surface area contributed by atoms with Gasteiger partial charge in [0, 0.05) is 17.3 Å². The van der Waals surface area contributed by atoms with Crippen LogP contribution >= 0.6 is 0 Å². The molecule has 0 bridgehead atoms. The average Bonchev–Trinajstić information content (AvgIpc) is 3.46. The van der Waals surface area contributed by atoms with Gasteiger partial charge in [0.05, 0.1) is 11.6 Å². The maximum Gasteiger partial charge on any atom is 0.374 e. The number of rotatable bonds is 6. The van der Waals surface area contributed by atoms with Gasteiger partial charge in [-0.05, 0) is 46.1 Å². The Morgan fingerprint density at radius 1 is 0.968 bits per heavy atom. The summed E-state index contributed by atoms with van der Waals surface area (Å²) in [6.45, 7) is 0.260. The van der Waals surface area contributed by atoms with Crippen molar-refractivity contribution in [1.82, 2.24) is 9.72 Å². The lowest BCUT2D eigenvalue weighted by Gasteiger charge is -2.09. The van der Waals surface area contributed by atoms with E-state index in [2.05, 4.69) is 56.8 Å². The molecular weight excluding hydrogens is 392 g/mol. The second-order valence-electron chi connectivity index (χ2n) is 7.08. The molecule has 0 spiro atoms. The van der Waals surface area contributed by atoms with Gasteiger partial charge in [-0.3, -0.25) is 0 Å². The Hall–Kier alpha value is -4.32. The second-order valence-corrected chi connectivity index (χ2v) is 7.08. The van der Waals surface area contributed by atoms with Crippen LogP contribution in [0.4, 0.5) is 0 Å². The van der Waals surface area contributed by atoms with E-state index in [0.29, 0.717) is 0 Å². The van der Waals surface area contributed by atoms with E-state index in [9.17, 15) is 4.79 Å². The van der Waals surface area contributed by atoms with Gasteiger partial charge in [0.2, 0.25) is 5.76 Å². The van der Waals surface area contributed by atoms with Gasteiger partial charge in [0.25, 0.3) is 5.88 Å². The first-order valence-electron chi connectivity index (χ1n) is 9.77. The van der Waals surface area contributed by atoms with Crippen molar-refractivity contribution in [2.75, 3.05) is 0 Å². The smallest absolute Gasteiger partial charge is 0.374 e. The minimum atomic E-state index is -1.18. The van der Waals surface area contributed by atoms with Gasteiger partial charge in [-0.1, -0.05) is 54.6 Å². The Morgan fingerprint density at radius 3 is 2.52 bits per heavy atom. The van der Waals surface area contributed by atoms with Crippen LogP contribution in [0.25, 0.3) is 27.7 Å². The number of fused-ring (bicyclic) bond motifs is 1. The summed E-state index contributed by atoms with van der Waals surface area (Å²) in [5.74, 6) is -1.29. The summed E-state index contributed by atoms with van der Waals surface area (Å²) in [5, 5.41) is 13.7. The van der Waals surface area contributed by atoms with E-state index in [4.69, 9.17) is 9.84 Å². The minimum absolute atomic E-state index is 0.145. The number of carboxylic acids is 1. The molecule has 0 aliphatic heterocycles. The lowest BCUT2D eigenvalue weighted by molar-refractivity contribution is 0.0651. The fourth-order valence-electron chi connectivity index (χ4n) is 3.60. The summed E-state index contributed by atoms with van der Waals surface area (Å²) in [6, 6.07) is 28.1. The van der Waals surface area contributed by atoms with E-state index < -0.39 is 5.97 Å². The highest BCUT2D eigenvalue weighted by Gasteiger charge is 2.12. The Kier molecular flexibility index (Phi) is 4.72. The molecule has 2 aromatic heterocycles. The van der Waals surface area contributed by atoms with Gasteiger partial charge in [0.1, 0.15) is 6.61 Å². The number of benzene rings is 3. The summed E-state index contributed by atoms with van der Waals surface area (Å²) >= 11 is 0. The number of carboxylic acid groups (broad SMARTS) is 1. The summed E-state index contributed by atoms with van der Waals surface area (Å²) < 4.78 is 12.4. The van der Waals surface area contributed by atoms with Crippen LogP contribution in [0.5, 0.6) is 5.88 Å².